The van der Waals surface area contributed by atoms with Crippen LogP contribution in [0.25, 0.3) is 0 Å². The van der Waals surface area contributed by atoms with E-state index in [1.807, 2.05) is 34.6 Å². The molecule has 5 rings (SSSR count). The Kier molecular flexibility index (Phi) is 15.0. The predicted octanol–water partition coefficient (Wildman–Crippen LogP) is 4.29. The van der Waals surface area contributed by atoms with Gasteiger partial charge in [0.25, 0.3) is 0 Å². The van der Waals surface area contributed by atoms with Gasteiger partial charge in [0.2, 0.25) is 6.23 Å². The van der Waals surface area contributed by atoms with Gasteiger partial charge in [-0.15, -0.1) is 0 Å². The van der Waals surface area contributed by atoms with Crippen LogP contribution in [0.1, 0.15) is 109 Å². The Morgan fingerprint density at radius 3 is 2.20 bits per heavy atom. The minimum atomic E-state index is -4.69. The van der Waals surface area contributed by atoms with Gasteiger partial charge in [0.05, 0.1) is 42.5 Å². The molecule has 0 aliphatic carbocycles. The van der Waals surface area contributed by atoms with Crippen molar-refractivity contribution in [3.8, 4) is 0 Å². The van der Waals surface area contributed by atoms with Gasteiger partial charge in [0.1, 0.15) is 35.1 Å². The van der Waals surface area contributed by atoms with Gasteiger partial charge < -0.3 is 58.5 Å². The normalized spacial score (nSPS) is 49.6. The van der Waals surface area contributed by atoms with E-state index in [0.717, 1.165) is 0 Å². The molecule has 14 nitrogen and oxygen atoms in total. The lowest BCUT2D eigenvalue weighted by molar-refractivity contribution is -0.317. The third kappa shape index (κ3) is 9.96. The maximum atomic E-state index is 14.6. The van der Waals surface area contributed by atoms with Crippen molar-refractivity contribution in [2.24, 2.45) is 23.7 Å². The SMILES string of the molecule is CC[C@H]1OC(=O)[C@H](C)[C@@H](O[C@H]2C[C@@](C)(OC)[C@]3(CO3)[C@H](C)O2)[C@H](C)[C@@H](O[C@@H]2O[C@H](C)C[C@H]3[C@H]2OC(C(F)(F)F)N3CC(C)C)[C@](C)(O)C[C@@H](C)CN[C@H](C)[C@@H](O)[C@]1(C)O. The number of hydrogen-bond donors (Lipinski definition) is 4. The third-order valence-electron chi connectivity index (χ3n) is 13.8. The van der Waals surface area contributed by atoms with Gasteiger partial charge in [0, 0.05) is 38.1 Å². The highest BCUT2D eigenvalue weighted by atomic mass is 19.4. The molecule has 0 bridgehead atoms. The summed E-state index contributed by atoms with van der Waals surface area (Å²) >= 11 is 0. The lowest BCUT2D eigenvalue weighted by Gasteiger charge is -2.48. The van der Waals surface area contributed by atoms with Crippen LogP contribution in [0.15, 0.2) is 0 Å². The molecule has 0 aromatic heterocycles. The van der Waals surface area contributed by atoms with Crippen molar-refractivity contribution in [1.29, 1.82) is 0 Å². The first-order valence-electron chi connectivity index (χ1n) is 21.6. The molecule has 4 N–H and O–H groups in total. The van der Waals surface area contributed by atoms with E-state index in [9.17, 15) is 33.3 Å². The second-order valence-corrected chi connectivity index (χ2v) is 19.4. The molecule has 1 spiro atoms. The average molecular weight is 855 g/mol. The Morgan fingerprint density at radius 2 is 1.64 bits per heavy atom. The van der Waals surface area contributed by atoms with Gasteiger partial charge in [0.15, 0.2) is 12.6 Å². The van der Waals surface area contributed by atoms with Crippen molar-refractivity contribution in [3.63, 3.8) is 0 Å². The zero-order chi connectivity index (χ0) is 44.2. The highest BCUT2D eigenvalue weighted by Gasteiger charge is 2.68. The fourth-order valence-electron chi connectivity index (χ4n) is 10.3. The van der Waals surface area contributed by atoms with E-state index in [2.05, 4.69) is 5.32 Å². The highest BCUT2D eigenvalue weighted by molar-refractivity contribution is 5.73. The quantitative estimate of drug-likeness (QED) is 0.202. The summed E-state index contributed by atoms with van der Waals surface area (Å²) in [5.74, 6) is -3.07. The van der Waals surface area contributed by atoms with Crippen molar-refractivity contribution >= 4 is 5.97 Å². The minimum Gasteiger partial charge on any atom is -0.459 e. The van der Waals surface area contributed by atoms with Crippen LogP contribution in [0, 0.1) is 23.7 Å². The largest absolute Gasteiger partial charge is 0.459 e. The predicted molar refractivity (Wildman–Crippen MR) is 209 cm³/mol. The molecule has 0 radical (unpaired) electrons. The van der Waals surface area contributed by atoms with E-state index in [0.29, 0.717) is 13.2 Å². The number of alkyl halides is 3. The molecule has 5 aliphatic rings. The monoisotopic (exact) mass is 855 g/mol. The Balaban J connectivity index is 1.58. The molecule has 19 atom stereocenters. The van der Waals surface area contributed by atoms with E-state index in [1.165, 1.54) is 11.8 Å². The van der Waals surface area contributed by atoms with Crippen LogP contribution in [0.4, 0.5) is 13.2 Å². The molecule has 0 saturated carbocycles. The van der Waals surface area contributed by atoms with Gasteiger partial charge in [-0.05, 0) is 86.1 Å². The number of epoxide rings is 1. The number of nitrogens with zero attached hydrogens (tertiary/aromatic N) is 1. The van der Waals surface area contributed by atoms with E-state index in [-0.39, 0.29) is 44.1 Å². The first-order valence-corrected chi connectivity index (χ1v) is 21.6. The molecule has 0 aromatic carbocycles. The summed E-state index contributed by atoms with van der Waals surface area (Å²) in [7, 11) is 1.59. The number of methoxy groups -OCH3 is 1. The molecule has 344 valence electrons. The number of esters is 1. The number of hydrogen-bond acceptors (Lipinski definition) is 14. The van der Waals surface area contributed by atoms with Crippen molar-refractivity contribution < 1.29 is 71.2 Å². The van der Waals surface area contributed by atoms with Crippen LogP contribution in [-0.2, 0) is 42.7 Å². The van der Waals surface area contributed by atoms with Gasteiger partial charge in [-0.3, -0.25) is 9.69 Å². The van der Waals surface area contributed by atoms with Gasteiger partial charge in [-0.1, -0.05) is 34.6 Å². The number of fused-ring (bicyclic) bond motifs is 1. The summed E-state index contributed by atoms with van der Waals surface area (Å²) in [6.45, 7) is 21.9. The second kappa shape index (κ2) is 18.1. The number of ether oxygens (including phenoxy) is 8. The van der Waals surface area contributed by atoms with Crippen LogP contribution in [0.2, 0.25) is 0 Å². The molecular weight excluding hydrogens is 781 g/mol. The van der Waals surface area contributed by atoms with Crippen molar-refractivity contribution in [3.05, 3.63) is 0 Å². The molecule has 17 heteroatoms. The van der Waals surface area contributed by atoms with Crippen molar-refractivity contribution in [2.75, 3.05) is 26.8 Å². The first kappa shape index (κ1) is 48.8. The number of halogens is 3. The Labute approximate surface area is 348 Å². The zero-order valence-electron chi connectivity index (χ0n) is 37.3. The summed E-state index contributed by atoms with van der Waals surface area (Å²) in [5, 5.41) is 39.0. The molecule has 5 aliphatic heterocycles. The molecule has 5 heterocycles. The van der Waals surface area contributed by atoms with Gasteiger partial charge in [-0.2, -0.15) is 13.2 Å². The smallest absolute Gasteiger partial charge is 0.428 e. The molecule has 0 aromatic rings. The van der Waals surface area contributed by atoms with Crippen LogP contribution >= 0.6 is 0 Å². The second-order valence-electron chi connectivity index (χ2n) is 19.4. The van der Waals surface area contributed by atoms with Crippen LogP contribution in [0.5, 0.6) is 0 Å². The number of carbonyl (C=O) groups excluding carboxylic acids is 1. The lowest BCUT2D eigenvalue weighted by Crippen LogP contribution is -2.61. The fraction of sp³-hybridized carbons (Fsp3) is 0.976. The Hall–Kier alpha value is -1.22. The van der Waals surface area contributed by atoms with E-state index in [1.54, 1.807) is 48.7 Å². The maximum Gasteiger partial charge on any atom is 0.428 e. The number of nitrogens with one attached hydrogen (secondary N) is 1. The molecule has 1 unspecified atom stereocenters. The number of aliphatic hydroxyl groups is 3. The topological polar surface area (TPSA) is 170 Å². The summed E-state index contributed by atoms with van der Waals surface area (Å²) < 4.78 is 94.0. The van der Waals surface area contributed by atoms with Crippen LogP contribution in [-0.4, -0.2) is 155 Å². The zero-order valence-corrected chi connectivity index (χ0v) is 37.3. The van der Waals surface area contributed by atoms with E-state index >= 15 is 0 Å². The standard InChI is InChI=1S/C42H73F3N2O12/c1-14-29-40(12,51)33(48)26(8)46-18-22(4)16-38(10,50)34(59-36-32-28(15-23(5)54-36)47(19-21(2)3)37(58-32)42(43,44)45)24(6)31(25(7)35(49)56-29)57-30-17-39(11,52-13)41(20-53-41)27(9)55-30/h21-34,36-37,46,48,50-51H,14-20H2,1-13H3/t22-,23-,24+,25-,26-,27+,28+,29-,30+,31+,32-,33-,34-,36+,37?,38-,39-,40-,41+/m1/s1. The number of aliphatic hydroxyl groups excluding tert-OH is 1. The van der Waals surface area contributed by atoms with E-state index < -0.39 is 120 Å². The number of carbonyl (C=O) groups is 1. The van der Waals surface area contributed by atoms with Crippen molar-refractivity contribution in [1.82, 2.24) is 10.2 Å². The van der Waals surface area contributed by atoms with Crippen LogP contribution in [0.3, 0.4) is 0 Å². The average Bonchev–Trinajstić information content (AvgIpc) is 3.88. The first-order chi connectivity index (χ1) is 27.2. The summed E-state index contributed by atoms with van der Waals surface area (Å²) in [6.07, 6.45) is -15.3. The lowest BCUT2D eigenvalue weighted by atomic mass is 9.77. The van der Waals surface area contributed by atoms with Gasteiger partial charge >= 0.3 is 12.1 Å². The Morgan fingerprint density at radius 1 is 1.00 bits per heavy atom. The summed E-state index contributed by atoms with van der Waals surface area (Å²) in [5.41, 5.74) is -5.09. The fourth-order valence-corrected chi connectivity index (χ4v) is 10.3. The van der Waals surface area contributed by atoms with Crippen molar-refractivity contribution in [2.45, 2.75) is 211 Å². The molecule has 5 saturated heterocycles. The molecular formula is C42H73F3N2O12. The Bertz CT molecular complexity index is 1420. The number of cyclic esters (lactones) is 1. The van der Waals surface area contributed by atoms with Gasteiger partial charge in [-0.25, -0.2) is 0 Å². The highest BCUT2D eigenvalue weighted by Crippen LogP contribution is 2.51. The molecule has 0 amide bonds. The molecule has 5 fully saturated rings. The molecule has 59 heavy (non-hydrogen) atoms. The minimum absolute atomic E-state index is 0.0932. The third-order valence-corrected chi connectivity index (χ3v) is 13.8. The van der Waals surface area contributed by atoms with Crippen LogP contribution < -0.4 is 5.32 Å². The maximum absolute atomic E-state index is 14.6. The summed E-state index contributed by atoms with van der Waals surface area (Å²) in [6, 6.07) is -1.35. The summed E-state index contributed by atoms with van der Waals surface area (Å²) in [4.78, 5) is 15.7. The number of rotatable bonds is 8. The van der Waals surface area contributed by atoms with E-state index in [4.69, 9.17) is 37.9 Å².